The van der Waals surface area contributed by atoms with E-state index in [9.17, 15) is 0 Å². The zero-order chi connectivity index (χ0) is 13.2. The van der Waals surface area contributed by atoms with Gasteiger partial charge in [0.05, 0.1) is 6.04 Å². The van der Waals surface area contributed by atoms with Gasteiger partial charge in [0.25, 0.3) is 0 Å². The normalized spacial score (nSPS) is 12.8. The average Bonchev–Trinajstić information content (AvgIpc) is 2.79. The molecule has 18 heavy (non-hydrogen) atoms. The van der Waals surface area contributed by atoms with Gasteiger partial charge in [0, 0.05) is 0 Å². The molecule has 0 spiro atoms. The first-order chi connectivity index (χ1) is 8.77. The molecule has 0 aromatic carbocycles. The minimum Gasteiger partial charge on any atom is -0.465 e. The highest BCUT2D eigenvalue weighted by atomic mass is 16.3. The van der Waals surface area contributed by atoms with Gasteiger partial charge in [0.2, 0.25) is 0 Å². The molecule has 0 aliphatic rings. The Labute approximate surface area is 111 Å². The van der Waals surface area contributed by atoms with Crippen LogP contribution in [0.2, 0.25) is 0 Å². The predicted octanol–water partition coefficient (Wildman–Crippen LogP) is 4.23. The summed E-state index contributed by atoms with van der Waals surface area (Å²) in [5, 5.41) is 0. The number of hydrazine groups is 1. The molecule has 1 unspecified atom stereocenters. The average molecular weight is 252 g/mol. The first kappa shape index (κ1) is 15.3. The fraction of sp³-hybridized carbons (Fsp3) is 0.733. The number of furan rings is 1. The van der Waals surface area contributed by atoms with Crippen molar-refractivity contribution in [3.05, 3.63) is 23.7 Å². The van der Waals surface area contributed by atoms with Crippen molar-refractivity contribution in [2.45, 2.75) is 71.3 Å². The summed E-state index contributed by atoms with van der Waals surface area (Å²) in [7, 11) is 0. The van der Waals surface area contributed by atoms with Crippen molar-refractivity contribution in [1.29, 1.82) is 0 Å². The molecule has 0 amide bonds. The minimum absolute atomic E-state index is 0.161. The Balaban J connectivity index is 2.13. The number of nitrogens with two attached hydrogens (primary N) is 1. The lowest BCUT2D eigenvalue weighted by molar-refractivity contribution is 0.379. The van der Waals surface area contributed by atoms with Crippen LogP contribution in [-0.2, 0) is 0 Å². The molecule has 3 heteroatoms. The van der Waals surface area contributed by atoms with Gasteiger partial charge in [0.1, 0.15) is 11.5 Å². The number of unbranched alkanes of at least 4 members (excludes halogenated alkanes) is 6. The molecule has 0 radical (unpaired) electrons. The van der Waals surface area contributed by atoms with Crippen molar-refractivity contribution in [3.63, 3.8) is 0 Å². The van der Waals surface area contributed by atoms with E-state index in [1.54, 1.807) is 0 Å². The number of hydrogen-bond acceptors (Lipinski definition) is 3. The van der Waals surface area contributed by atoms with Crippen LogP contribution >= 0.6 is 0 Å². The van der Waals surface area contributed by atoms with E-state index in [0.29, 0.717) is 0 Å². The van der Waals surface area contributed by atoms with Crippen LogP contribution in [0, 0.1) is 6.92 Å². The fourth-order valence-electron chi connectivity index (χ4n) is 2.25. The molecule has 0 bridgehead atoms. The second-order valence-electron chi connectivity index (χ2n) is 5.08. The quantitative estimate of drug-likeness (QED) is 0.372. The van der Waals surface area contributed by atoms with Crippen molar-refractivity contribution in [1.82, 2.24) is 5.43 Å². The Morgan fingerprint density at radius 3 is 2.33 bits per heavy atom. The number of nitrogens with one attached hydrogen (secondary N) is 1. The van der Waals surface area contributed by atoms with E-state index in [2.05, 4.69) is 12.3 Å². The highest BCUT2D eigenvalue weighted by Gasteiger charge is 2.12. The van der Waals surface area contributed by atoms with Crippen LogP contribution in [0.15, 0.2) is 16.5 Å². The maximum absolute atomic E-state index is 5.60. The van der Waals surface area contributed by atoms with Crippen LogP contribution in [0.25, 0.3) is 0 Å². The SMILES string of the molecule is CCCCCCCCCC(NN)c1ccc(C)o1. The summed E-state index contributed by atoms with van der Waals surface area (Å²) in [4.78, 5) is 0. The lowest BCUT2D eigenvalue weighted by Gasteiger charge is -2.13. The molecule has 1 rings (SSSR count). The van der Waals surface area contributed by atoms with Gasteiger partial charge in [-0.3, -0.25) is 5.84 Å². The molecule has 0 fully saturated rings. The van der Waals surface area contributed by atoms with E-state index in [4.69, 9.17) is 10.3 Å². The van der Waals surface area contributed by atoms with Gasteiger partial charge in [-0.05, 0) is 25.5 Å². The lowest BCUT2D eigenvalue weighted by Crippen LogP contribution is -2.27. The van der Waals surface area contributed by atoms with Crippen LogP contribution in [0.5, 0.6) is 0 Å². The molecule has 1 atom stereocenters. The third kappa shape index (κ3) is 5.69. The Kier molecular flexibility index (Phi) is 7.78. The number of aryl methyl sites for hydroxylation is 1. The van der Waals surface area contributed by atoms with Gasteiger partial charge in [-0.15, -0.1) is 0 Å². The summed E-state index contributed by atoms with van der Waals surface area (Å²) < 4.78 is 5.60. The molecule has 1 aromatic heterocycles. The standard InChI is InChI=1S/C15H28N2O/c1-3-4-5-6-7-8-9-10-14(17-16)15-12-11-13(2)18-15/h11-12,14,17H,3-10,16H2,1-2H3. The molecule has 1 heterocycles. The summed E-state index contributed by atoms with van der Waals surface area (Å²) in [6.45, 7) is 4.22. The van der Waals surface area contributed by atoms with Crippen molar-refractivity contribution in [3.8, 4) is 0 Å². The first-order valence-electron chi connectivity index (χ1n) is 7.30. The van der Waals surface area contributed by atoms with Gasteiger partial charge in [-0.25, -0.2) is 5.43 Å². The minimum atomic E-state index is 0.161. The molecule has 0 aliphatic carbocycles. The Morgan fingerprint density at radius 1 is 1.11 bits per heavy atom. The third-order valence-corrected chi connectivity index (χ3v) is 3.40. The summed E-state index contributed by atoms with van der Waals surface area (Å²) in [5.41, 5.74) is 2.85. The molecule has 104 valence electrons. The molecule has 3 N–H and O–H groups in total. The van der Waals surface area contributed by atoms with Crippen molar-refractivity contribution < 1.29 is 4.42 Å². The molecule has 1 aromatic rings. The second kappa shape index (κ2) is 9.17. The van der Waals surface area contributed by atoms with Gasteiger partial charge >= 0.3 is 0 Å². The fourth-order valence-corrected chi connectivity index (χ4v) is 2.25. The van der Waals surface area contributed by atoms with E-state index < -0.39 is 0 Å². The number of rotatable bonds is 10. The smallest absolute Gasteiger partial charge is 0.122 e. The zero-order valence-electron chi connectivity index (χ0n) is 11.9. The van der Waals surface area contributed by atoms with Crippen LogP contribution in [0.1, 0.15) is 75.9 Å². The van der Waals surface area contributed by atoms with E-state index in [1.165, 1.54) is 44.9 Å². The molecule has 0 saturated carbocycles. The summed E-state index contributed by atoms with van der Waals surface area (Å²) in [6, 6.07) is 4.17. The molecule has 0 aliphatic heterocycles. The lowest BCUT2D eigenvalue weighted by atomic mass is 10.0. The van der Waals surface area contributed by atoms with Crippen LogP contribution in [0.4, 0.5) is 0 Å². The molecule has 3 nitrogen and oxygen atoms in total. The van der Waals surface area contributed by atoms with Gasteiger partial charge in [0.15, 0.2) is 0 Å². The Hall–Kier alpha value is -0.800. The third-order valence-electron chi connectivity index (χ3n) is 3.40. The highest BCUT2D eigenvalue weighted by Crippen LogP contribution is 2.21. The van der Waals surface area contributed by atoms with Crippen molar-refractivity contribution in [2.75, 3.05) is 0 Å². The first-order valence-corrected chi connectivity index (χ1v) is 7.30. The van der Waals surface area contributed by atoms with Crippen molar-refractivity contribution >= 4 is 0 Å². The highest BCUT2D eigenvalue weighted by molar-refractivity contribution is 5.09. The zero-order valence-corrected chi connectivity index (χ0v) is 11.9. The maximum Gasteiger partial charge on any atom is 0.122 e. The Morgan fingerprint density at radius 2 is 1.78 bits per heavy atom. The van der Waals surface area contributed by atoms with E-state index in [0.717, 1.165) is 17.9 Å². The van der Waals surface area contributed by atoms with Gasteiger partial charge < -0.3 is 4.42 Å². The van der Waals surface area contributed by atoms with E-state index in [1.807, 2.05) is 19.1 Å². The van der Waals surface area contributed by atoms with Crippen LogP contribution in [-0.4, -0.2) is 0 Å². The van der Waals surface area contributed by atoms with E-state index in [-0.39, 0.29) is 6.04 Å². The Bertz CT molecular complexity index is 309. The molecular formula is C15H28N2O. The van der Waals surface area contributed by atoms with Crippen molar-refractivity contribution in [2.24, 2.45) is 5.84 Å². The predicted molar refractivity (Wildman–Crippen MR) is 76.1 cm³/mol. The molecule has 0 saturated heterocycles. The topological polar surface area (TPSA) is 51.2 Å². The van der Waals surface area contributed by atoms with Crippen LogP contribution < -0.4 is 11.3 Å². The largest absolute Gasteiger partial charge is 0.465 e. The van der Waals surface area contributed by atoms with E-state index >= 15 is 0 Å². The summed E-state index contributed by atoms with van der Waals surface area (Å²) in [6.07, 6.45) is 10.3. The monoisotopic (exact) mass is 252 g/mol. The second-order valence-corrected chi connectivity index (χ2v) is 5.08. The molecular weight excluding hydrogens is 224 g/mol. The van der Waals surface area contributed by atoms with Gasteiger partial charge in [-0.2, -0.15) is 0 Å². The maximum atomic E-state index is 5.60. The van der Waals surface area contributed by atoms with Gasteiger partial charge in [-0.1, -0.05) is 51.9 Å². The van der Waals surface area contributed by atoms with Crippen LogP contribution in [0.3, 0.4) is 0 Å². The summed E-state index contributed by atoms with van der Waals surface area (Å²) in [5.74, 6) is 7.49. The summed E-state index contributed by atoms with van der Waals surface area (Å²) >= 11 is 0. The number of hydrogen-bond donors (Lipinski definition) is 2.